The van der Waals surface area contributed by atoms with Crippen molar-refractivity contribution < 1.29 is 0 Å². The fraction of sp³-hybridized carbons (Fsp3) is 0.571. The Morgan fingerprint density at radius 1 is 1.47 bits per heavy atom. The normalized spacial score (nSPS) is 21.1. The van der Waals surface area contributed by atoms with Crippen molar-refractivity contribution in [1.82, 2.24) is 25.0 Å². The summed E-state index contributed by atoms with van der Waals surface area (Å²) in [5, 5.41) is 9.01. The number of aryl methyl sites for hydroxylation is 2. The molecular weight excluding hydrogens is 238 g/mol. The van der Waals surface area contributed by atoms with Crippen LogP contribution in [0.3, 0.4) is 0 Å². The van der Waals surface area contributed by atoms with Crippen molar-refractivity contribution in [1.29, 1.82) is 0 Å². The molecule has 1 N–H and O–H groups in total. The van der Waals surface area contributed by atoms with Crippen molar-refractivity contribution in [3.05, 3.63) is 23.5 Å². The van der Waals surface area contributed by atoms with Gasteiger partial charge in [-0.3, -0.25) is 9.58 Å². The molecule has 0 unspecified atom stereocenters. The minimum Gasteiger partial charge on any atom is -0.314 e. The number of pyridine rings is 1. The summed E-state index contributed by atoms with van der Waals surface area (Å²) in [6.07, 6.45) is 1.98. The van der Waals surface area contributed by atoms with Crippen LogP contribution in [0.1, 0.15) is 18.2 Å². The lowest BCUT2D eigenvalue weighted by Gasteiger charge is -2.33. The van der Waals surface area contributed by atoms with Gasteiger partial charge in [-0.2, -0.15) is 5.10 Å². The van der Waals surface area contributed by atoms with Gasteiger partial charge in [0.25, 0.3) is 0 Å². The van der Waals surface area contributed by atoms with Gasteiger partial charge in [0.1, 0.15) is 0 Å². The average Bonchev–Trinajstić information content (AvgIpc) is 2.68. The van der Waals surface area contributed by atoms with Crippen LogP contribution in [0.4, 0.5) is 0 Å². The van der Waals surface area contributed by atoms with Crippen LogP contribution in [0.15, 0.2) is 12.3 Å². The highest BCUT2D eigenvalue weighted by Crippen LogP contribution is 2.18. The molecule has 5 heteroatoms. The van der Waals surface area contributed by atoms with E-state index in [1.807, 2.05) is 24.9 Å². The van der Waals surface area contributed by atoms with E-state index in [2.05, 4.69) is 33.3 Å². The minimum atomic E-state index is 0.583. The standard InChI is InChI=1S/C14H21N5/c1-10-7-15-4-5-19(10)9-12-6-13-11(2)17-18(3)14(13)16-8-12/h6,8,10,15H,4-5,7,9H2,1-3H3/t10-/m0/s1. The maximum Gasteiger partial charge on any atom is 0.157 e. The van der Waals surface area contributed by atoms with Gasteiger partial charge in [-0.1, -0.05) is 0 Å². The zero-order chi connectivity index (χ0) is 13.4. The first kappa shape index (κ1) is 12.6. The van der Waals surface area contributed by atoms with E-state index in [4.69, 9.17) is 0 Å². The van der Waals surface area contributed by atoms with Crippen LogP contribution in [-0.4, -0.2) is 45.3 Å². The largest absolute Gasteiger partial charge is 0.314 e. The summed E-state index contributed by atoms with van der Waals surface area (Å²) in [6, 6.07) is 2.82. The number of piperazine rings is 1. The number of fused-ring (bicyclic) bond motifs is 1. The molecule has 1 aliphatic heterocycles. The van der Waals surface area contributed by atoms with Gasteiger partial charge >= 0.3 is 0 Å². The fourth-order valence-electron chi connectivity index (χ4n) is 2.79. The molecule has 0 aromatic carbocycles. The van der Waals surface area contributed by atoms with Crippen LogP contribution >= 0.6 is 0 Å². The molecule has 102 valence electrons. The first-order chi connectivity index (χ1) is 9.15. The molecule has 5 nitrogen and oxygen atoms in total. The Hall–Kier alpha value is -1.46. The van der Waals surface area contributed by atoms with E-state index in [1.165, 1.54) is 10.9 Å². The predicted octanol–water partition coefficient (Wildman–Crippen LogP) is 1.07. The van der Waals surface area contributed by atoms with Gasteiger partial charge in [-0.15, -0.1) is 0 Å². The van der Waals surface area contributed by atoms with Crippen LogP contribution in [0.2, 0.25) is 0 Å². The van der Waals surface area contributed by atoms with E-state index >= 15 is 0 Å². The van der Waals surface area contributed by atoms with Crippen molar-refractivity contribution in [2.45, 2.75) is 26.4 Å². The van der Waals surface area contributed by atoms with Gasteiger partial charge < -0.3 is 5.32 Å². The molecular formula is C14H21N5. The zero-order valence-corrected chi connectivity index (χ0v) is 11.8. The number of nitrogens with zero attached hydrogens (tertiary/aromatic N) is 4. The predicted molar refractivity (Wildman–Crippen MR) is 76.0 cm³/mol. The smallest absolute Gasteiger partial charge is 0.157 e. The lowest BCUT2D eigenvalue weighted by atomic mass is 10.1. The molecule has 19 heavy (non-hydrogen) atoms. The summed E-state index contributed by atoms with van der Waals surface area (Å²) in [7, 11) is 1.94. The number of hydrogen-bond acceptors (Lipinski definition) is 4. The topological polar surface area (TPSA) is 46.0 Å². The summed E-state index contributed by atoms with van der Waals surface area (Å²) in [4.78, 5) is 7.06. The van der Waals surface area contributed by atoms with Gasteiger partial charge in [-0.25, -0.2) is 4.98 Å². The second kappa shape index (κ2) is 4.90. The van der Waals surface area contributed by atoms with E-state index in [9.17, 15) is 0 Å². The van der Waals surface area contributed by atoms with Crippen molar-refractivity contribution >= 4 is 11.0 Å². The third-order valence-corrected chi connectivity index (χ3v) is 3.94. The molecule has 1 fully saturated rings. The molecule has 1 atom stereocenters. The maximum absolute atomic E-state index is 4.55. The van der Waals surface area contributed by atoms with Crippen molar-refractivity contribution in [2.75, 3.05) is 19.6 Å². The van der Waals surface area contributed by atoms with Crippen LogP contribution in [-0.2, 0) is 13.6 Å². The highest BCUT2D eigenvalue weighted by Gasteiger charge is 2.18. The van der Waals surface area contributed by atoms with E-state index < -0.39 is 0 Å². The van der Waals surface area contributed by atoms with Crippen LogP contribution in [0.25, 0.3) is 11.0 Å². The van der Waals surface area contributed by atoms with Crippen LogP contribution in [0, 0.1) is 6.92 Å². The Morgan fingerprint density at radius 2 is 2.32 bits per heavy atom. The SMILES string of the molecule is Cc1nn(C)c2ncc(CN3CCNC[C@@H]3C)cc12. The van der Waals surface area contributed by atoms with Gasteiger partial charge in [0.15, 0.2) is 5.65 Å². The Bertz CT molecular complexity index is 589. The van der Waals surface area contributed by atoms with Gasteiger partial charge in [0, 0.05) is 50.9 Å². The Morgan fingerprint density at radius 3 is 3.11 bits per heavy atom. The number of nitrogens with one attached hydrogen (secondary N) is 1. The summed E-state index contributed by atoms with van der Waals surface area (Å²) >= 11 is 0. The highest BCUT2D eigenvalue weighted by atomic mass is 15.3. The highest BCUT2D eigenvalue weighted by molar-refractivity contribution is 5.78. The Kier molecular flexibility index (Phi) is 3.24. The summed E-state index contributed by atoms with van der Waals surface area (Å²) in [6.45, 7) is 8.54. The Labute approximate surface area is 113 Å². The van der Waals surface area contributed by atoms with Gasteiger partial charge in [0.2, 0.25) is 0 Å². The molecule has 3 rings (SSSR count). The van der Waals surface area contributed by atoms with Crippen molar-refractivity contribution in [3.63, 3.8) is 0 Å². The van der Waals surface area contributed by atoms with Crippen molar-refractivity contribution in [3.8, 4) is 0 Å². The lowest BCUT2D eigenvalue weighted by Crippen LogP contribution is -2.49. The average molecular weight is 259 g/mol. The lowest BCUT2D eigenvalue weighted by molar-refractivity contribution is 0.165. The summed E-state index contributed by atoms with van der Waals surface area (Å²) in [5.74, 6) is 0. The first-order valence-electron chi connectivity index (χ1n) is 6.88. The number of aromatic nitrogens is 3. The van der Waals surface area contributed by atoms with E-state index in [0.717, 1.165) is 37.5 Å². The third kappa shape index (κ3) is 2.35. The molecule has 3 heterocycles. The van der Waals surface area contributed by atoms with Crippen LogP contribution in [0.5, 0.6) is 0 Å². The summed E-state index contributed by atoms with van der Waals surface area (Å²) in [5.41, 5.74) is 3.30. The maximum atomic E-state index is 4.55. The van der Waals surface area contributed by atoms with E-state index in [0.29, 0.717) is 6.04 Å². The second-order valence-corrected chi connectivity index (χ2v) is 5.45. The molecule has 0 aliphatic carbocycles. The summed E-state index contributed by atoms with van der Waals surface area (Å²) < 4.78 is 1.85. The van der Waals surface area contributed by atoms with Crippen molar-refractivity contribution in [2.24, 2.45) is 7.05 Å². The van der Waals surface area contributed by atoms with E-state index in [-0.39, 0.29) is 0 Å². The molecule has 0 bridgehead atoms. The molecule has 0 amide bonds. The van der Waals surface area contributed by atoms with Gasteiger partial charge in [0.05, 0.1) is 5.69 Å². The molecule has 1 aliphatic rings. The number of hydrogen-bond donors (Lipinski definition) is 1. The molecule has 0 radical (unpaired) electrons. The molecule has 0 spiro atoms. The fourth-order valence-corrected chi connectivity index (χ4v) is 2.79. The molecule has 0 saturated carbocycles. The first-order valence-corrected chi connectivity index (χ1v) is 6.88. The second-order valence-electron chi connectivity index (χ2n) is 5.45. The van der Waals surface area contributed by atoms with Crippen LogP contribution < -0.4 is 5.32 Å². The molecule has 1 saturated heterocycles. The molecule has 2 aromatic rings. The zero-order valence-electron chi connectivity index (χ0n) is 11.8. The Balaban J connectivity index is 1.86. The number of rotatable bonds is 2. The monoisotopic (exact) mass is 259 g/mol. The molecule has 2 aromatic heterocycles. The minimum absolute atomic E-state index is 0.583. The van der Waals surface area contributed by atoms with E-state index in [1.54, 1.807) is 0 Å². The quantitative estimate of drug-likeness (QED) is 0.876. The third-order valence-electron chi connectivity index (χ3n) is 3.94. The van der Waals surface area contributed by atoms with Gasteiger partial charge in [-0.05, 0) is 25.5 Å².